The summed E-state index contributed by atoms with van der Waals surface area (Å²) in [6.07, 6.45) is -3.44. The van der Waals surface area contributed by atoms with Gasteiger partial charge in [0.15, 0.2) is 0 Å². The van der Waals surface area contributed by atoms with Crippen molar-refractivity contribution in [1.82, 2.24) is 5.32 Å². The summed E-state index contributed by atoms with van der Waals surface area (Å²) >= 11 is 0. The first-order chi connectivity index (χ1) is 12.8. The normalized spacial score (nSPS) is 16.7. The average Bonchev–Trinajstić information content (AvgIpc) is 2.67. The minimum Gasteiger partial charge on any atom is -0.381 e. The summed E-state index contributed by atoms with van der Waals surface area (Å²) in [7, 11) is 0. The molecule has 2 aromatic carbocycles. The van der Waals surface area contributed by atoms with E-state index in [2.05, 4.69) is 5.32 Å². The first kappa shape index (κ1) is 19.4. The summed E-state index contributed by atoms with van der Waals surface area (Å²) in [4.78, 5) is 12.5. The lowest BCUT2D eigenvalue weighted by atomic mass is 9.74. The van der Waals surface area contributed by atoms with Crippen molar-refractivity contribution in [2.45, 2.75) is 24.4 Å². The van der Waals surface area contributed by atoms with Crippen LogP contribution in [0.25, 0.3) is 0 Å². The van der Waals surface area contributed by atoms with Gasteiger partial charge in [-0.05, 0) is 42.7 Å². The minimum atomic E-state index is -4.61. The molecule has 0 aliphatic carbocycles. The summed E-state index contributed by atoms with van der Waals surface area (Å²) in [6.45, 7) is 1.08. The number of nitrogens with one attached hydrogen (secondary N) is 1. The van der Waals surface area contributed by atoms with Crippen molar-refractivity contribution in [3.8, 4) is 0 Å². The van der Waals surface area contributed by atoms with Crippen LogP contribution < -0.4 is 5.32 Å². The zero-order valence-electron chi connectivity index (χ0n) is 14.5. The summed E-state index contributed by atoms with van der Waals surface area (Å²) < 4.78 is 58.1. The van der Waals surface area contributed by atoms with Crippen LogP contribution in [0.2, 0.25) is 0 Å². The zero-order chi connectivity index (χ0) is 19.5. The molecule has 1 heterocycles. The number of amides is 1. The van der Waals surface area contributed by atoms with Crippen molar-refractivity contribution in [3.05, 3.63) is 71.0 Å². The van der Waals surface area contributed by atoms with Gasteiger partial charge in [-0.15, -0.1) is 0 Å². The van der Waals surface area contributed by atoms with Gasteiger partial charge in [-0.2, -0.15) is 13.2 Å². The molecular weight excluding hydrogens is 362 g/mol. The third-order valence-corrected chi connectivity index (χ3v) is 4.97. The lowest BCUT2D eigenvalue weighted by Gasteiger charge is -2.38. The van der Waals surface area contributed by atoms with Gasteiger partial charge in [-0.1, -0.05) is 24.3 Å². The van der Waals surface area contributed by atoms with Gasteiger partial charge in [0.1, 0.15) is 5.82 Å². The summed E-state index contributed by atoms with van der Waals surface area (Å²) in [5.74, 6) is -1.15. The molecule has 0 unspecified atom stereocenters. The van der Waals surface area contributed by atoms with E-state index in [0.717, 1.165) is 17.7 Å². The quantitative estimate of drug-likeness (QED) is 0.801. The number of hydrogen-bond donors (Lipinski definition) is 1. The van der Waals surface area contributed by atoms with Gasteiger partial charge in [0.2, 0.25) is 0 Å². The van der Waals surface area contributed by atoms with E-state index in [1.807, 2.05) is 0 Å². The van der Waals surface area contributed by atoms with Gasteiger partial charge >= 0.3 is 6.18 Å². The molecule has 1 aliphatic heterocycles. The highest BCUT2D eigenvalue weighted by molar-refractivity contribution is 5.95. The Morgan fingerprint density at radius 3 is 2.30 bits per heavy atom. The van der Waals surface area contributed by atoms with Gasteiger partial charge in [0.25, 0.3) is 5.91 Å². The molecule has 7 heteroatoms. The minimum absolute atomic E-state index is 0.146. The molecule has 2 aromatic rings. The van der Waals surface area contributed by atoms with Crippen LogP contribution in [0.3, 0.4) is 0 Å². The van der Waals surface area contributed by atoms with Gasteiger partial charge in [0, 0.05) is 25.2 Å². The second-order valence-electron chi connectivity index (χ2n) is 6.63. The van der Waals surface area contributed by atoms with Crippen molar-refractivity contribution in [2.24, 2.45) is 0 Å². The predicted octanol–water partition coefficient (Wildman–Crippen LogP) is 4.32. The Hall–Kier alpha value is -2.41. The lowest BCUT2D eigenvalue weighted by molar-refractivity contribution is -0.137. The molecule has 1 saturated heterocycles. The number of carbonyl (C=O) groups excluding carboxylic acids is 1. The van der Waals surface area contributed by atoms with Gasteiger partial charge in [0.05, 0.1) is 11.1 Å². The van der Waals surface area contributed by atoms with E-state index in [9.17, 15) is 22.4 Å². The molecule has 144 valence electrons. The maximum absolute atomic E-state index is 13.3. The van der Waals surface area contributed by atoms with E-state index >= 15 is 0 Å². The smallest absolute Gasteiger partial charge is 0.381 e. The van der Waals surface area contributed by atoms with Crippen LogP contribution in [0, 0.1) is 5.82 Å². The Kier molecular flexibility index (Phi) is 5.51. The Balaban J connectivity index is 1.82. The van der Waals surface area contributed by atoms with E-state index < -0.39 is 28.6 Å². The zero-order valence-corrected chi connectivity index (χ0v) is 14.5. The molecule has 0 saturated carbocycles. The number of benzene rings is 2. The van der Waals surface area contributed by atoms with Crippen LogP contribution in [0.5, 0.6) is 0 Å². The molecule has 0 radical (unpaired) electrons. The van der Waals surface area contributed by atoms with Crippen LogP contribution in [-0.4, -0.2) is 25.7 Å². The summed E-state index contributed by atoms with van der Waals surface area (Å²) in [6, 6.07) is 10.7. The van der Waals surface area contributed by atoms with E-state index in [-0.39, 0.29) is 12.4 Å². The first-order valence-electron chi connectivity index (χ1n) is 8.60. The van der Waals surface area contributed by atoms with E-state index in [4.69, 9.17) is 4.74 Å². The Labute approximate surface area is 154 Å². The number of alkyl halides is 3. The highest BCUT2D eigenvalue weighted by atomic mass is 19.4. The molecule has 3 rings (SSSR count). The van der Waals surface area contributed by atoms with Crippen molar-refractivity contribution in [1.29, 1.82) is 0 Å². The number of ether oxygens (including phenoxy) is 1. The molecule has 0 spiro atoms. The second-order valence-corrected chi connectivity index (χ2v) is 6.63. The lowest BCUT2D eigenvalue weighted by Crippen LogP contribution is -2.44. The van der Waals surface area contributed by atoms with Crippen LogP contribution in [0.15, 0.2) is 48.5 Å². The molecule has 1 aliphatic rings. The Morgan fingerprint density at radius 1 is 1.04 bits per heavy atom. The molecule has 0 atom stereocenters. The SMILES string of the molecule is O=C(NCC1(c2ccc(F)cc2)CCOCC1)c1ccccc1C(F)(F)F. The fraction of sp³-hybridized carbons (Fsp3) is 0.350. The van der Waals surface area contributed by atoms with Gasteiger partial charge < -0.3 is 10.1 Å². The summed E-state index contributed by atoms with van der Waals surface area (Å²) in [5, 5.41) is 2.65. The van der Waals surface area contributed by atoms with Crippen LogP contribution in [-0.2, 0) is 16.3 Å². The van der Waals surface area contributed by atoms with Gasteiger partial charge in [-0.3, -0.25) is 4.79 Å². The monoisotopic (exact) mass is 381 g/mol. The third-order valence-electron chi connectivity index (χ3n) is 4.97. The number of halogens is 4. The molecule has 1 N–H and O–H groups in total. The van der Waals surface area contributed by atoms with E-state index in [1.165, 1.54) is 24.3 Å². The predicted molar refractivity (Wildman–Crippen MR) is 91.9 cm³/mol. The van der Waals surface area contributed by atoms with Crippen molar-refractivity contribution >= 4 is 5.91 Å². The third kappa shape index (κ3) is 4.30. The van der Waals surface area contributed by atoms with Crippen molar-refractivity contribution in [3.63, 3.8) is 0 Å². The maximum Gasteiger partial charge on any atom is 0.417 e. The molecule has 3 nitrogen and oxygen atoms in total. The van der Waals surface area contributed by atoms with Crippen LogP contribution >= 0.6 is 0 Å². The number of hydrogen-bond acceptors (Lipinski definition) is 2. The fourth-order valence-electron chi connectivity index (χ4n) is 3.41. The number of rotatable bonds is 4. The first-order valence-corrected chi connectivity index (χ1v) is 8.60. The molecule has 0 aromatic heterocycles. The van der Waals surface area contributed by atoms with Crippen LogP contribution in [0.4, 0.5) is 17.6 Å². The second kappa shape index (κ2) is 7.68. The van der Waals surface area contributed by atoms with Crippen LogP contribution in [0.1, 0.15) is 34.3 Å². The molecule has 1 fully saturated rings. The molecular formula is C20H19F4NO2. The Bertz CT molecular complexity index is 796. The number of carbonyl (C=O) groups is 1. The Morgan fingerprint density at radius 2 is 1.67 bits per heavy atom. The largest absolute Gasteiger partial charge is 0.417 e. The molecule has 27 heavy (non-hydrogen) atoms. The van der Waals surface area contributed by atoms with Crippen molar-refractivity contribution < 1.29 is 27.1 Å². The van der Waals surface area contributed by atoms with E-state index in [0.29, 0.717) is 26.1 Å². The van der Waals surface area contributed by atoms with Crippen molar-refractivity contribution in [2.75, 3.05) is 19.8 Å². The fourth-order valence-corrected chi connectivity index (χ4v) is 3.41. The highest BCUT2D eigenvalue weighted by Gasteiger charge is 2.37. The van der Waals surface area contributed by atoms with Gasteiger partial charge in [-0.25, -0.2) is 4.39 Å². The topological polar surface area (TPSA) is 38.3 Å². The summed E-state index contributed by atoms with van der Waals surface area (Å²) in [5.41, 5.74) is -1.05. The standard InChI is InChI=1S/C20H19F4NO2/c21-15-7-5-14(6-8-15)19(9-11-27-12-10-19)13-25-18(26)16-3-1-2-4-17(16)20(22,23)24/h1-8H,9-13H2,(H,25,26). The average molecular weight is 381 g/mol. The molecule has 1 amide bonds. The maximum atomic E-state index is 13.3. The highest BCUT2D eigenvalue weighted by Crippen LogP contribution is 2.35. The van der Waals surface area contributed by atoms with E-state index in [1.54, 1.807) is 12.1 Å². The molecule has 0 bridgehead atoms.